The van der Waals surface area contributed by atoms with Crippen LogP contribution in [0.1, 0.15) is 4.88 Å². The molecule has 20 heavy (non-hydrogen) atoms. The largest absolute Gasteiger partial charge is 0.452 e. The molecule has 0 bridgehead atoms. The standard InChI is InChI=1S/C12H9BrN2O3S2/c13-9-6-14-12(20-9)15-10(16)7-18-11(17)4-3-8-2-1-5-19-8/h1-6H,7H2,(H,14,15,16)/b4-3+. The number of aromatic nitrogens is 1. The molecule has 0 aromatic carbocycles. The zero-order valence-electron chi connectivity index (χ0n) is 10.0. The monoisotopic (exact) mass is 372 g/mol. The number of carbonyl (C=O) groups is 2. The molecule has 2 rings (SSSR count). The Kier molecular flexibility index (Phi) is 5.45. The van der Waals surface area contributed by atoms with Crippen molar-refractivity contribution in [2.75, 3.05) is 11.9 Å². The van der Waals surface area contributed by atoms with E-state index in [0.29, 0.717) is 5.13 Å². The number of amides is 1. The number of esters is 1. The van der Waals surface area contributed by atoms with Gasteiger partial charge in [-0.1, -0.05) is 17.4 Å². The van der Waals surface area contributed by atoms with Crippen LogP contribution in [-0.2, 0) is 14.3 Å². The zero-order valence-corrected chi connectivity index (χ0v) is 13.3. The van der Waals surface area contributed by atoms with Crippen LogP contribution in [-0.4, -0.2) is 23.5 Å². The van der Waals surface area contributed by atoms with E-state index >= 15 is 0 Å². The van der Waals surface area contributed by atoms with Gasteiger partial charge in [0, 0.05) is 11.0 Å². The average Bonchev–Trinajstić information content (AvgIpc) is 3.06. The van der Waals surface area contributed by atoms with E-state index in [0.717, 1.165) is 8.66 Å². The van der Waals surface area contributed by atoms with Crippen LogP contribution in [0.2, 0.25) is 0 Å². The predicted octanol–water partition coefficient (Wildman–Crippen LogP) is 3.16. The number of hydrogen-bond donors (Lipinski definition) is 1. The van der Waals surface area contributed by atoms with Gasteiger partial charge in [-0.25, -0.2) is 9.78 Å². The first-order valence-electron chi connectivity index (χ1n) is 5.43. The highest BCUT2D eigenvalue weighted by molar-refractivity contribution is 9.11. The highest BCUT2D eigenvalue weighted by Gasteiger charge is 2.08. The first-order chi connectivity index (χ1) is 9.63. The summed E-state index contributed by atoms with van der Waals surface area (Å²) >= 11 is 6.02. The summed E-state index contributed by atoms with van der Waals surface area (Å²) < 4.78 is 5.62. The molecule has 0 fully saturated rings. The Morgan fingerprint density at radius 3 is 3.00 bits per heavy atom. The van der Waals surface area contributed by atoms with Crippen molar-refractivity contribution in [1.29, 1.82) is 0 Å². The fraction of sp³-hybridized carbons (Fsp3) is 0.0833. The van der Waals surface area contributed by atoms with E-state index in [1.54, 1.807) is 12.3 Å². The third kappa shape index (κ3) is 4.87. The lowest BCUT2D eigenvalue weighted by Crippen LogP contribution is -2.19. The van der Waals surface area contributed by atoms with Gasteiger partial charge in [0.1, 0.15) is 0 Å². The minimum atomic E-state index is -0.561. The van der Waals surface area contributed by atoms with Crippen LogP contribution >= 0.6 is 38.6 Å². The summed E-state index contributed by atoms with van der Waals surface area (Å²) in [5.74, 6) is -0.987. The van der Waals surface area contributed by atoms with Crippen molar-refractivity contribution in [1.82, 2.24) is 4.98 Å². The number of thiophene rings is 1. The summed E-state index contributed by atoms with van der Waals surface area (Å²) in [6, 6.07) is 3.76. The van der Waals surface area contributed by atoms with Gasteiger partial charge in [0.15, 0.2) is 11.7 Å². The number of nitrogens with one attached hydrogen (secondary N) is 1. The summed E-state index contributed by atoms with van der Waals surface area (Å²) in [5, 5.41) is 4.89. The van der Waals surface area contributed by atoms with Gasteiger partial charge in [0.25, 0.3) is 5.91 Å². The summed E-state index contributed by atoms with van der Waals surface area (Å²) in [6.07, 6.45) is 4.51. The minimum Gasteiger partial charge on any atom is -0.452 e. The Bertz CT molecular complexity index is 622. The van der Waals surface area contributed by atoms with Crippen LogP contribution in [0.5, 0.6) is 0 Å². The van der Waals surface area contributed by atoms with Crippen molar-refractivity contribution < 1.29 is 14.3 Å². The maximum atomic E-state index is 11.5. The van der Waals surface area contributed by atoms with Crippen LogP contribution in [0.3, 0.4) is 0 Å². The Morgan fingerprint density at radius 1 is 1.50 bits per heavy atom. The summed E-state index contributed by atoms with van der Waals surface area (Å²) in [7, 11) is 0. The van der Waals surface area contributed by atoms with Crippen molar-refractivity contribution in [2.24, 2.45) is 0 Å². The molecule has 2 aromatic heterocycles. The molecule has 0 unspecified atom stereocenters. The highest BCUT2D eigenvalue weighted by Crippen LogP contribution is 2.22. The number of carbonyl (C=O) groups excluding carboxylic acids is 2. The lowest BCUT2D eigenvalue weighted by Gasteiger charge is -2.01. The molecule has 0 radical (unpaired) electrons. The molecule has 0 aliphatic rings. The topological polar surface area (TPSA) is 68.3 Å². The van der Waals surface area contributed by atoms with E-state index in [2.05, 4.69) is 26.2 Å². The number of ether oxygens (including phenoxy) is 1. The second kappa shape index (κ2) is 7.32. The molecule has 0 spiro atoms. The van der Waals surface area contributed by atoms with Gasteiger partial charge in [-0.3, -0.25) is 10.1 Å². The lowest BCUT2D eigenvalue weighted by atomic mass is 10.4. The van der Waals surface area contributed by atoms with Crippen LogP contribution in [0.25, 0.3) is 6.08 Å². The molecule has 2 heterocycles. The van der Waals surface area contributed by atoms with Crippen molar-refractivity contribution in [3.8, 4) is 0 Å². The van der Waals surface area contributed by atoms with Crippen molar-refractivity contribution in [3.63, 3.8) is 0 Å². The molecule has 0 saturated carbocycles. The van der Waals surface area contributed by atoms with Gasteiger partial charge < -0.3 is 4.74 Å². The van der Waals surface area contributed by atoms with Crippen molar-refractivity contribution in [3.05, 3.63) is 38.4 Å². The normalized spacial score (nSPS) is 10.7. The van der Waals surface area contributed by atoms with Crippen LogP contribution in [0.15, 0.2) is 33.6 Å². The first-order valence-corrected chi connectivity index (χ1v) is 7.92. The van der Waals surface area contributed by atoms with E-state index in [4.69, 9.17) is 4.74 Å². The van der Waals surface area contributed by atoms with Gasteiger partial charge in [-0.2, -0.15) is 0 Å². The predicted molar refractivity (Wildman–Crippen MR) is 82.8 cm³/mol. The number of thiazole rings is 1. The molecule has 0 atom stereocenters. The molecule has 5 nitrogen and oxygen atoms in total. The number of rotatable bonds is 5. The summed E-state index contributed by atoms with van der Waals surface area (Å²) in [5.41, 5.74) is 0. The number of halogens is 1. The molecule has 0 aliphatic carbocycles. The Morgan fingerprint density at radius 2 is 2.35 bits per heavy atom. The van der Waals surface area contributed by atoms with Crippen LogP contribution in [0, 0.1) is 0 Å². The quantitative estimate of drug-likeness (QED) is 0.646. The highest BCUT2D eigenvalue weighted by atomic mass is 79.9. The molecule has 8 heteroatoms. The summed E-state index contributed by atoms with van der Waals surface area (Å²) in [6.45, 7) is -0.342. The Balaban J connectivity index is 1.74. The van der Waals surface area contributed by atoms with Gasteiger partial charge >= 0.3 is 5.97 Å². The molecule has 1 N–H and O–H groups in total. The fourth-order valence-corrected chi connectivity index (χ4v) is 2.93. The van der Waals surface area contributed by atoms with Gasteiger partial charge in [0.2, 0.25) is 0 Å². The third-order valence-corrected chi connectivity index (χ3v) is 4.23. The Hall–Kier alpha value is -1.51. The third-order valence-electron chi connectivity index (χ3n) is 2.00. The molecule has 1 amide bonds. The van der Waals surface area contributed by atoms with Crippen LogP contribution in [0.4, 0.5) is 5.13 Å². The van der Waals surface area contributed by atoms with Gasteiger partial charge in [0.05, 0.1) is 9.98 Å². The van der Waals surface area contributed by atoms with E-state index in [1.165, 1.54) is 28.7 Å². The summed E-state index contributed by atoms with van der Waals surface area (Å²) in [4.78, 5) is 27.8. The Labute approximate surface area is 131 Å². The van der Waals surface area contributed by atoms with E-state index in [-0.39, 0.29) is 6.61 Å². The second-order valence-corrected chi connectivity index (χ2v) is 6.86. The smallest absolute Gasteiger partial charge is 0.331 e. The van der Waals surface area contributed by atoms with Gasteiger partial charge in [-0.05, 0) is 33.5 Å². The maximum Gasteiger partial charge on any atom is 0.331 e. The fourth-order valence-electron chi connectivity index (χ4n) is 1.19. The van der Waals surface area contributed by atoms with Crippen LogP contribution < -0.4 is 5.32 Å². The molecular weight excluding hydrogens is 364 g/mol. The van der Waals surface area contributed by atoms with E-state index in [1.807, 2.05) is 17.5 Å². The molecule has 104 valence electrons. The van der Waals surface area contributed by atoms with Gasteiger partial charge in [-0.15, -0.1) is 11.3 Å². The number of nitrogens with zero attached hydrogens (tertiary/aromatic N) is 1. The van der Waals surface area contributed by atoms with Crippen molar-refractivity contribution >= 4 is 61.7 Å². The lowest BCUT2D eigenvalue weighted by molar-refractivity contribution is -0.142. The van der Waals surface area contributed by atoms with Crippen molar-refractivity contribution in [2.45, 2.75) is 0 Å². The molecular formula is C12H9BrN2O3S2. The molecule has 0 saturated heterocycles. The van der Waals surface area contributed by atoms with E-state index in [9.17, 15) is 9.59 Å². The molecule has 2 aromatic rings. The SMILES string of the molecule is O=C(COC(=O)/C=C/c1cccs1)Nc1ncc(Br)s1. The molecule has 0 aliphatic heterocycles. The zero-order chi connectivity index (χ0) is 14.4. The second-order valence-electron chi connectivity index (χ2n) is 3.47. The first kappa shape index (κ1) is 14.9. The minimum absolute atomic E-state index is 0.342. The number of anilines is 1. The van der Waals surface area contributed by atoms with E-state index < -0.39 is 11.9 Å². The maximum absolute atomic E-state index is 11.5. The average molecular weight is 373 g/mol. The number of hydrogen-bond acceptors (Lipinski definition) is 6.